The fraction of sp³-hybridized carbons (Fsp3) is 0.222. The summed E-state index contributed by atoms with van der Waals surface area (Å²) in [4.78, 5) is 27.1. The molecule has 0 spiro atoms. The van der Waals surface area contributed by atoms with E-state index in [-0.39, 0.29) is 11.9 Å². The highest BCUT2D eigenvalue weighted by Gasteiger charge is 2.27. The summed E-state index contributed by atoms with van der Waals surface area (Å²) in [6.45, 7) is 1.33. The molecular formula is C18H17N5O2. The van der Waals surface area contributed by atoms with Gasteiger partial charge in [0.15, 0.2) is 0 Å². The third kappa shape index (κ3) is 3.35. The van der Waals surface area contributed by atoms with Crippen LogP contribution in [0.2, 0.25) is 0 Å². The van der Waals surface area contributed by atoms with Gasteiger partial charge in [0.25, 0.3) is 5.91 Å². The Kier molecular flexibility index (Phi) is 4.12. The number of rotatable bonds is 4. The molecule has 4 heterocycles. The molecule has 7 heteroatoms. The molecule has 3 aromatic heterocycles. The number of pyridine rings is 1. The third-order valence-corrected chi connectivity index (χ3v) is 4.21. The van der Waals surface area contributed by atoms with E-state index in [9.17, 15) is 4.79 Å². The molecule has 1 amide bonds. The van der Waals surface area contributed by atoms with Gasteiger partial charge in [-0.1, -0.05) is 0 Å². The minimum absolute atomic E-state index is 0.0276. The normalized spacial score (nSPS) is 16.8. The molecule has 1 fully saturated rings. The van der Waals surface area contributed by atoms with Gasteiger partial charge in [-0.15, -0.1) is 0 Å². The molecule has 4 rings (SSSR count). The van der Waals surface area contributed by atoms with Crippen molar-refractivity contribution in [1.82, 2.24) is 19.9 Å². The van der Waals surface area contributed by atoms with Crippen molar-refractivity contribution in [2.45, 2.75) is 12.5 Å². The van der Waals surface area contributed by atoms with Crippen LogP contribution in [-0.4, -0.2) is 44.9 Å². The average molecular weight is 335 g/mol. The molecule has 126 valence electrons. The molecule has 0 saturated carbocycles. The molecule has 0 aromatic carbocycles. The second-order valence-electron chi connectivity index (χ2n) is 5.89. The summed E-state index contributed by atoms with van der Waals surface area (Å²) >= 11 is 0. The van der Waals surface area contributed by atoms with E-state index in [1.165, 1.54) is 0 Å². The molecule has 1 unspecified atom stereocenters. The van der Waals surface area contributed by atoms with Crippen LogP contribution in [0.5, 0.6) is 0 Å². The Morgan fingerprint density at radius 3 is 2.88 bits per heavy atom. The quantitative estimate of drug-likeness (QED) is 0.788. The summed E-state index contributed by atoms with van der Waals surface area (Å²) in [5.74, 6) is 0.585. The van der Waals surface area contributed by atoms with Gasteiger partial charge in [0.1, 0.15) is 0 Å². The Hall–Kier alpha value is -3.22. The Morgan fingerprint density at radius 2 is 2.08 bits per heavy atom. The van der Waals surface area contributed by atoms with Gasteiger partial charge < -0.3 is 14.6 Å². The maximum atomic E-state index is 12.5. The fourth-order valence-electron chi connectivity index (χ4n) is 2.92. The van der Waals surface area contributed by atoms with Crippen LogP contribution in [0.4, 0.5) is 5.95 Å². The summed E-state index contributed by atoms with van der Waals surface area (Å²) in [7, 11) is 0. The minimum Gasteiger partial charge on any atom is -0.472 e. The predicted octanol–water partition coefficient (Wildman–Crippen LogP) is 2.46. The summed E-state index contributed by atoms with van der Waals surface area (Å²) in [5, 5.41) is 3.32. The van der Waals surface area contributed by atoms with Gasteiger partial charge in [-0.3, -0.25) is 9.78 Å². The topological polar surface area (TPSA) is 84.2 Å². The van der Waals surface area contributed by atoms with Crippen molar-refractivity contribution in [1.29, 1.82) is 0 Å². The molecule has 3 aromatic rings. The number of aromatic nitrogens is 3. The van der Waals surface area contributed by atoms with Gasteiger partial charge in [0, 0.05) is 48.8 Å². The van der Waals surface area contributed by atoms with E-state index in [0.717, 1.165) is 17.7 Å². The number of nitrogens with one attached hydrogen (secondary N) is 1. The van der Waals surface area contributed by atoms with E-state index >= 15 is 0 Å². The fourth-order valence-corrected chi connectivity index (χ4v) is 2.92. The molecule has 1 saturated heterocycles. The van der Waals surface area contributed by atoms with Crippen LogP contribution in [0.3, 0.4) is 0 Å². The van der Waals surface area contributed by atoms with Crippen molar-refractivity contribution >= 4 is 11.9 Å². The van der Waals surface area contributed by atoms with Crippen LogP contribution in [0, 0.1) is 0 Å². The van der Waals surface area contributed by atoms with Gasteiger partial charge in [-0.2, -0.15) is 0 Å². The lowest BCUT2D eigenvalue weighted by Gasteiger charge is -2.17. The van der Waals surface area contributed by atoms with E-state index in [1.807, 2.05) is 17.0 Å². The first kappa shape index (κ1) is 15.3. The molecule has 1 aliphatic rings. The van der Waals surface area contributed by atoms with Crippen molar-refractivity contribution in [2.24, 2.45) is 0 Å². The van der Waals surface area contributed by atoms with Gasteiger partial charge in [0.2, 0.25) is 5.95 Å². The van der Waals surface area contributed by atoms with Gasteiger partial charge in [-0.25, -0.2) is 9.97 Å². The SMILES string of the molecule is O=C(c1ccncc1)N1CCC(Nc2nccc(-c3ccoc3)n2)C1. The van der Waals surface area contributed by atoms with Crippen LogP contribution in [0.1, 0.15) is 16.8 Å². The van der Waals surface area contributed by atoms with E-state index in [2.05, 4.69) is 20.3 Å². The maximum Gasteiger partial charge on any atom is 0.254 e. The highest BCUT2D eigenvalue weighted by atomic mass is 16.3. The predicted molar refractivity (Wildman–Crippen MR) is 91.9 cm³/mol. The van der Waals surface area contributed by atoms with Gasteiger partial charge in [0.05, 0.1) is 18.2 Å². The van der Waals surface area contributed by atoms with Gasteiger partial charge in [-0.05, 0) is 30.7 Å². The number of anilines is 1. The van der Waals surface area contributed by atoms with Crippen molar-refractivity contribution in [2.75, 3.05) is 18.4 Å². The molecule has 7 nitrogen and oxygen atoms in total. The van der Waals surface area contributed by atoms with Crippen LogP contribution < -0.4 is 5.32 Å². The summed E-state index contributed by atoms with van der Waals surface area (Å²) in [6.07, 6.45) is 9.10. The van der Waals surface area contributed by atoms with Crippen LogP contribution >= 0.6 is 0 Å². The van der Waals surface area contributed by atoms with E-state index < -0.39 is 0 Å². The lowest BCUT2D eigenvalue weighted by Crippen LogP contribution is -2.31. The number of likely N-dealkylation sites (tertiary alicyclic amines) is 1. The Morgan fingerprint density at radius 1 is 1.20 bits per heavy atom. The monoisotopic (exact) mass is 335 g/mol. The van der Waals surface area contributed by atoms with Crippen molar-refractivity contribution in [3.63, 3.8) is 0 Å². The van der Waals surface area contributed by atoms with Crippen molar-refractivity contribution in [3.05, 3.63) is 60.9 Å². The third-order valence-electron chi connectivity index (χ3n) is 4.21. The number of carbonyl (C=O) groups is 1. The smallest absolute Gasteiger partial charge is 0.254 e. The second kappa shape index (κ2) is 6.72. The number of hydrogen-bond acceptors (Lipinski definition) is 6. The zero-order valence-electron chi connectivity index (χ0n) is 13.5. The average Bonchev–Trinajstić information content (AvgIpc) is 3.34. The lowest BCUT2D eigenvalue weighted by molar-refractivity contribution is 0.0791. The number of amides is 1. The first-order valence-electron chi connectivity index (χ1n) is 8.11. The van der Waals surface area contributed by atoms with Crippen molar-refractivity contribution < 1.29 is 9.21 Å². The van der Waals surface area contributed by atoms with E-state index in [1.54, 1.807) is 43.2 Å². The highest BCUT2D eigenvalue weighted by Crippen LogP contribution is 2.20. The molecule has 1 aliphatic heterocycles. The highest BCUT2D eigenvalue weighted by molar-refractivity contribution is 5.94. The Bertz CT molecular complexity index is 851. The molecule has 25 heavy (non-hydrogen) atoms. The van der Waals surface area contributed by atoms with Crippen molar-refractivity contribution in [3.8, 4) is 11.3 Å². The summed E-state index contributed by atoms with van der Waals surface area (Å²) in [5.41, 5.74) is 2.37. The molecule has 1 atom stereocenters. The zero-order chi connectivity index (χ0) is 17.1. The van der Waals surface area contributed by atoms with Gasteiger partial charge >= 0.3 is 0 Å². The minimum atomic E-state index is 0.0276. The number of carbonyl (C=O) groups excluding carboxylic acids is 1. The first-order valence-corrected chi connectivity index (χ1v) is 8.11. The number of nitrogens with zero attached hydrogens (tertiary/aromatic N) is 4. The number of hydrogen-bond donors (Lipinski definition) is 1. The maximum absolute atomic E-state index is 12.5. The Balaban J connectivity index is 1.41. The molecule has 0 radical (unpaired) electrons. The van der Waals surface area contributed by atoms with E-state index in [0.29, 0.717) is 24.6 Å². The molecular weight excluding hydrogens is 318 g/mol. The summed E-state index contributed by atoms with van der Waals surface area (Å²) in [6, 6.07) is 7.30. The number of furan rings is 1. The van der Waals surface area contributed by atoms with Crippen LogP contribution in [0.25, 0.3) is 11.3 Å². The van der Waals surface area contributed by atoms with Crippen LogP contribution in [0.15, 0.2) is 59.8 Å². The molecule has 0 aliphatic carbocycles. The molecule has 1 N–H and O–H groups in total. The second-order valence-corrected chi connectivity index (χ2v) is 5.89. The lowest BCUT2D eigenvalue weighted by atomic mass is 10.2. The standard InChI is InChI=1S/C18H17N5O2/c24-17(13-1-6-19-7-2-13)23-9-4-15(11-23)21-18-20-8-3-16(22-18)14-5-10-25-12-14/h1-3,5-8,10,12,15H,4,9,11H2,(H,20,21,22). The molecule has 0 bridgehead atoms. The zero-order valence-corrected chi connectivity index (χ0v) is 13.5. The summed E-state index contributed by atoms with van der Waals surface area (Å²) < 4.78 is 5.10. The first-order chi connectivity index (χ1) is 12.3. The van der Waals surface area contributed by atoms with Crippen LogP contribution in [-0.2, 0) is 0 Å². The van der Waals surface area contributed by atoms with E-state index in [4.69, 9.17) is 4.42 Å². The Labute approximate surface area is 144 Å². The largest absolute Gasteiger partial charge is 0.472 e.